The van der Waals surface area contributed by atoms with Crippen LogP contribution in [0, 0.1) is 0 Å². The Bertz CT molecular complexity index is 715. The van der Waals surface area contributed by atoms with Crippen molar-refractivity contribution < 1.29 is 0 Å². The van der Waals surface area contributed by atoms with E-state index in [9.17, 15) is 0 Å². The second kappa shape index (κ2) is 5.47. The van der Waals surface area contributed by atoms with Crippen LogP contribution in [0.2, 0.25) is 0 Å². The molecule has 3 heterocycles. The molecule has 0 aromatic carbocycles. The van der Waals surface area contributed by atoms with Crippen molar-refractivity contribution in [2.75, 3.05) is 5.32 Å². The van der Waals surface area contributed by atoms with E-state index in [1.807, 2.05) is 6.07 Å². The smallest absolute Gasteiger partial charge is 0.200 e. The number of aromatic nitrogens is 7. The highest BCUT2D eigenvalue weighted by molar-refractivity contribution is 5.67. The lowest BCUT2D eigenvalue weighted by Crippen LogP contribution is -2.23. The molecule has 1 atom stereocenters. The molecule has 0 saturated carbocycles. The SMILES string of the molecule is CC(Cn1cncn1)Nc1cc(C(C)C)nn2cnnc12. The summed E-state index contributed by atoms with van der Waals surface area (Å²) in [4.78, 5) is 3.95. The van der Waals surface area contributed by atoms with Gasteiger partial charge in [0.05, 0.1) is 17.9 Å². The summed E-state index contributed by atoms with van der Waals surface area (Å²) in [5.74, 6) is 0.336. The van der Waals surface area contributed by atoms with Crippen LogP contribution in [0.3, 0.4) is 0 Å². The Morgan fingerprint density at radius 3 is 2.81 bits per heavy atom. The zero-order chi connectivity index (χ0) is 14.8. The first-order valence-electron chi connectivity index (χ1n) is 6.93. The molecule has 0 fully saturated rings. The van der Waals surface area contributed by atoms with E-state index in [2.05, 4.69) is 51.5 Å². The summed E-state index contributed by atoms with van der Waals surface area (Å²) in [7, 11) is 0. The molecule has 0 radical (unpaired) electrons. The van der Waals surface area contributed by atoms with Gasteiger partial charge in [-0.2, -0.15) is 14.7 Å². The molecule has 0 aliphatic heterocycles. The number of hydrogen-bond acceptors (Lipinski definition) is 6. The summed E-state index contributed by atoms with van der Waals surface area (Å²) in [5.41, 5.74) is 2.65. The minimum absolute atomic E-state index is 0.176. The summed E-state index contributed by atoms with van der Waals surface area (Å²) in [6, 6.07) is 2.21. The van der Waals surface area contributed by atoms with Crippen molar-refractivity contribution in [1.82, 2.24) is 34.6 Å². The Kier molecular flexibility index (Phi) is 3.51. The fourth-order valence-electron chi connectivity index (χ4n) is 2.15. The lowest BCUT2D eigenvalue weighted by atomic mass is 10.1. The second-order valence-corrected chi connectivity index (χ2v) is 5.40. The van der Waals surface area contributed by atoms with Gasteiger partial charge < -0.3 is 5.32 Å². The van der Waals surface area contributed by atoms with E-state index >= 15 is 0 Å². The Morgan fingerprint density at radius 1 is 1.24 bits per heavy atom. The van der Waals surface area contributed by atoms with Gasteiger partial charge in [0.2, 0.25) is 5.65 Å². The van der Waals surface area contributed by atoms with Gasteiger partial charge in [0.25, 0.3) is 0 Å². The maximum absolute atomic E-state index is 4.50. The van der Waals surface area contributed by atoms with Gasteiger partial charge in [0.1, 0.15) is 19.0 Å². The molecule has 1 unspecified atom stereocenters. The summed E-state index contributed by atoms with van der Waals surface area (Å²) < 4.78 is 3.50. The summed E-state index contributed by atoms with van der Waals surface area (Å²) >= 11 is 0. The van der Waals surface area contributed by atoms with E-state index < -0.39 is 0 Å². The lowest BCUT2D eigenvalue weighted by Gasteiger charge is -2.16. The Morgan fingerprint density at radius 2 is 2.10 bits per heavy atom. The standard InChI is InChI=1S/C13H18N8/c1-9(2)11-4-12(13-18-15-8-21(13)19-11)17-10(3)5-20-7-14-6-16-20/h4,6-10,17H,5H2,1-3H3. The van der Waals surface area contributed by atoms with Crippen molar-refractivity contribution in [2.24, 2.45) is 0 Å². The Balaban J connectivity index is 1.86. The predicted molar refractivity (Wildman–Crippen MR) is 78.0 cm³/mol. The lowest BCUT2D eigenvalue weighted by molar-refractivity contribution is 0.559. The van der Waals surface area contributed by atoms with Gasteiger partial charge in [0.15, 0.2) is 0 Å². The molecule has 0 amide bonds. The topological polar surface area (TPSA) is 85.8 Å². The molecule has 3 aromatic rings. The van der Waals surface area contributed by atoms with Crippen molar-refractivity contribution >= 4 is 11.3 Å². The molecule has 0 aliphatic carbocycles. The molecular weight excluding hydrogens is 268 g/mol. The highest BCUT2D eigenvalue weighted by Gasteiger charge is 2.12. The van der Waals surface area contributed by atoms with Gasteiger partial charge in [-0.1, -0.05) is 13.8 Å². The molecule has 0 aliphatic rings. The molecule has 21 heavy (non-hydrogen) atoms. The van der Waals surface area contributed by atoms with Gasteiger partial charge in [0, 0.05) is 6.04 Å². The van der Waals surface area contributed by atoms with E-state index in [0.29, 0.717) is 5.92 Å². The summed E-state index contributed by atoms with van der Waals surface area (Å²) in [6.45, 7) is 7.03. The quantitative estimate of drug-likeness (QED) is 0.761. The monoisotopic (exact) mass is 286 g/mol. The van der Waals surface area contributed by atoms with Crippen molar-refractivity contribution in [3.8, 4) is 0 Å². The Labute approximate surface area is 122 Å². The van der Waals surface area contributed by atoms with Crippen LogP contribution in [0.5, 0.6) is 0 Å². The number of hydrogen-bond donors (Lipinski definition) is 1. The number of anilines is 1. The first-order chi connectivity index (χ1) is 10.1. The molecule has 8 heteroatoms. The van der Waals surface area contributed by atoms with E-state index in [0.717, 1.165) is 23.6 Å². The fraction of sp³-hybridized carbons (Fsp3) is 0.462. The third-order valence-corrected chi connectivity index (χ3v) is 3.21. The molecule has 0 saturated heterocycles. The van der Waals surface area contributed by atoms with Crippen molar-refractivity contribution in [2.45, 2.75) is 39.3 Å². The van der Waals surface area contributed by atoms with Gasteiger partial charge in [-0.15, -0.1) is 10.2 Å². The van der Waals surface area contributed by atoms with Gasteiger partial charge in [-0.25, -0.2) is 4.98 Å². The largest absolute Gasteiger partial charge is 0.378 e. The van der Waals surface area contributed by atoms with Crippen molar-refractivity contribution in [3.63, 3.8) is 0 Å². The molecule has 3 rings (SSSR count). The molecule has 8 nitrogen and oxygen atoms in total. The van der Waals surface area contributed by atoms with Crippen LogP contribution in [-0.4, -0.2) is 40.6 Å². The van der Waals surface area contributed by atoms with E-state index in [1.54, 1.807) is 21.9 Å². The number of nitrogens with one attached hydrogen (secondary N) is 1. The first-order valence-corrected chi connectivity index (χ1v) is 6.93. The number of nitrogens with zero attached hydrogens (tertiary/aromatic N) is 7. The van der Waals surface area contributed by atoms with Gasteiger partial charge >= 0.3 is 0 Å². The molecule has 0 bridgehead atoms. The third-order valence-electron chi connectivity index (χ3n) is 3.21. The maximum atomic E-state index is 4.50. The van der Waals surface area contributed by atoms with Crippen molar-refractivity contribution in [3.05, 3.63) is 30.7 Å². The van der Waals surface area contributed by atoms with E-state index in [-0.39, 0.29) is 6.04 Å². The molecule has 3 aromatic heterocycles. The van der Waals surface area contributed by atoms with Gasteiger partial charge in [-0.3, -0.25) is 4.68 Å². The first kappa shape index (κ1) is 13.5. The third kappa shape index (κ3) is 2.83. The second-order valence-electron chi connectivity index (χ2n) is 5.40. The summed E-state index contributed by atoms with van der Waals surface area (Å²) in [5, 5.41) is 20.1. The highest BCUT2D eigenvalue weighted by atomic mass is 15.4. The van der Waals surface area contributed by atoms with Gasteiger partial charge in [-0.05, 0) is 18.9 Å². The fourth-order valence-corrected chi connectivity index (χ4v) is 2.15. The molecule has 110 valence electrons. The maximum Gasteiger partial charge on any atom is 0.200 e. The number of fused-ring (bicyclic) bond motifs is 1. The molecular formula is C13H18N8. The van der Waals surface area contributed by atoms with E-state index in [4.69, 9.17) is 0 Å². The van der Waals surface area contributed by atoms with Crippen LogP contribution < -0.4 is 5.32 Å². The van der Waals surface area contributed by atoms with Crippen LogP contribution in [0.1, 0.15) is 32.4 Å². The average molecular weight is 286 g/mol. The Hall–Kier alpha value is -2.51. The van der Waals surface area contributed by atoms with Crippen molar-refractivity contribution in [1.29, 1.82) is 0 Å². The average Bonchev–Trinajstić information content (AvgIpc) is 3.08. The normalized spacial score (nSPS) is 13.0. The van der Waals surface area contributed by atoms with Crippen LogP contribution in [0.25, 0.3) is 5.65 Å². The van der Waals surface area contributed by atoms with Crippen LogP contribution in [0.4, 0.5) is 5.69 Å². The minimum atomic E-state index is 0.176. The van der Waals surface area contributed by atoms with Crippen LogP contribution in [-0.2, 0) is 6.54 Å². The summed E-state index contributed by atoms with van der Waals surface area (Å²) in [6.07, 6.45) is 4.86. The van der Waals surface area contributed by atoms with Crippen LogP contribution >= 0.6 is 0 Å². The predicted octanol–water partition coefficient (Wildman–Crippen LogP) is 1.34. The van der Waals surface area contributed by atoms with E-state index in [1.165, 1.54) is 6.33 Å². The van der Waals surface area contributed by atoms with Crippen LogP contribution in [0.15, 0.2) is 25.0 Å². The zero-order valence-corrected chi connectivity index (χ0v) is 12.3. The molecule has 1 N–H and O–H groups in total. The molecule has 0 spiro atoms. The minimum Gasteiger partial charge on any atom is -0.378 e. The number of rotatable bonds is 5. The highest BCUT2D eigenvalue weighted by Crippen LogP contribution is 2.20. The zero-order valence-electron chi connectivity index (χ0n) is 12.3.